The number of hydrogen-bond acceptors (Lipinski definition) is 3. The van der Waals surface area contributed by atoms with E-state index in [1.165, 1.54) is 0 Å². The molecule has 1 aromatic carbocycles. The number of benzene rings is 1. The zero-order chi connectivity index (χ0) is 14.1. The Bertz CT molecular complexity index is 451. The average molecular weight is 259 g/mol. The summed E-state index contributed by atoms with van der Waals surface area (Å²) in [7, 11) is 0. The van der Waals surface area contributed by atoms with Crippen LogP contribution < -0.4 is 5.32 Å². The van der Waals surface area contributed by atoms with Gasteiger partial charge in [-0.1, -0.05) is 19.1 Å². The summed E-state index contributed by atoms with van der Waals surface area (Å²) in [6.07, 6.45) is 1.37. The Hall–Kier alpha value is -2.02. The van der Waals surface area contributed by atoms with Crippen molar-refractivity contribution in [3.8, 4) is 6.07 Å². The van der Waals surface area contributed by atoms with E-state index in [4.69, 9.17) is 5.26 Å². The Balaban J connectivity index is 2.88. The van der Waals surface area contributed by atoms with E-state index in [2.05, 4.69) is 18.3 Å². The molecular weight excluding hydrogens is 238 g/mol. The predicted octanol–water partition coefficient (Wildman–Crippen LogP) is 2.88. The van der Waals surface area contributed by atoms with Crippen molar-refractivity contribution < 1.29 is 4.79 Å². The number of nitrogens with zero attached hydrogens (tertiary/aromatic N) is 2. The highest BCUT2D eigenvalue weighted by Gasteiger charge is 2.16. The molecule has 0 atom stereocenters. The number of anilines is 1. The number of nitrogens with one attached hydrogen (secondary N) is 1. The van der Waals surface area contributed by atoms with Gasteiger partial charge in [-0.25, -0.2) is 0 Å². The zero-order valence-corrected chi connectivity index (χ0v) is 11.6. The molecule has 0 aliphatic heterocycles. The molecule has 1 rings (SSSR count). The van der Waals surface area contributed by atoms with Gasteiger partial charge in [0, 0.05) is 25.3 Å². The molecule has 0 aromatic heterocycles. The fraction of sp³-hybridized carbons (Fsp3) is 0.467. The van der Waals surface area contributed by atoms with E-state index in [1.54, 1.807) is 4.90 Å². The Morgan fingerprint density at radius 3 is 2.74 bits per heavy atom. The molecule has 4 nitrogen and oxygen atoms in total. The second-order valence-corrected chi connectivity index (χ2v) is 4.27. The lowest BCUT2D eigenvalue weighted by Crippen LogP contribution is -2.32. The van der Waals surface area contributed by atoms with E-state index in [9.17, 15) is 4.79 Å². The molecule has 0 saturated carbocycles. The van der Waals surface area contributed by atoms with Gasteiger partial charge in [-0.3, -0.25) is 4.79 Å². The van der Waals surface area contributed by atoms with Crippen molar-refractivity contribution in [2.45, 2.75) is 26.7 Å². The van der Waals surface area contributed by atoms with Gasteiger partial charge in [-0.15, -0.1) is 0 Å². The molecule has 0 fully saturated rings. The molecule has 102 valence electrons. The second-order valence-electron chi connectivity index (χ2n) is 4.27. The summed E-state index contributed by atoms with van der Waals surface area (Å²) in [4.78, 5) is 14.1. The summed E-state index contributed by atoms with van der Waals surface area (Å²) in [5.41, 5.74) is 1.54. The quantitative estimate of drug-likeness (QED) is 0.819. The van der Waals surface area contributed by atoms with Gasteiger partial charge in [0.25, 0.3) is 5.91 Å². The summed E-state index contributed by atoms with van der Waals surface area (Å²) in [5.74, 6) is -0.0167. The minimum Gasteiger partial charge on any atom is -0.384 e. The van der Waals surface area contributed by atoms with Crippen molar-refractivity contribution in [1.29, 1.82) is 5.26 Å². The molecule has 0 aliphatic rings. The number of nitriles is 1. The van der Waals surface area contributed by atoms with Crippen LogP contribution in [-0.2, 0) is 0 Å². The number of para-hydroxylation sites is 1. The lowest BCUT2D eigenvalue weighted by atomic mass is 10.1. The number of carbonyl (C=O) groups is 1. The Labute approximate surface area is 115 Å². The Morgan fingerprint density at radius 2 is 2.11 bits per heavy atom. The third kappa shape index (κ3) is 4.29. The lowest BCUT2D eigenvalue weighted by molar-refractivity contribution is 0.0769. The van der Waals surface area contributed by atoms with E-state index in [-0.39, 0.29) is 5.91 Å². The molecule has 0 spiro atoms. The van der Waals surface area contributed by atoms with Gasteiger partial charge in [0.15, 0.2) is 0 Å². The van der Waals surface area contributed by atoms with Crippen molar-refractivity contribution in [2.75, 3.05) is 25.0 Å². The zero-order valence-electron chi connectivity index (χ0n) is 11.6. The fourth-order valence-corrected chi connectivity index (χ4v) is 1.84. The van der Waals surface area contributed by atoms with Crippen molar-refractivity contribution in [3.05, 3.63) is 29.8 Å². The van der Waals surface area contributed by atoms with E-state index in [1.807, 2.05) is 31.2 Å². The molecule has 0 unspecified atom stereocenters. The maximum absolute atomic E-state index is 12.4. The monoisotopic (exact) mass is 259 g/mol. The first-order chi connectivity index (χ1) is 9.24. The van der Waals surface area contributed by atoms with Crippen LogP contribution in [0.2, 0.25) is 0 Å². The SMILES string of the molecule is CCCNc1ccccc1C(=O)N(CC)CCC#N. The van der Waals surface area contributed by atoms with Crippen LogP contribution in [0.1, 0.15) is 37.0 Å². The van der Waals surface area contributed by atoms with Crippen LogP contribution in [-0.4, -0.2) is 30.4 Å². The Morgan fingerprint density at radius 1 is 1.37 bits per heavy atom. The van der Waals surface area contributed by atoms with Crippen LogP contribution in [0.4, 0.5) is 5.69 Å². The average Bonchev–Trinajstić information content (AvgIpc) is 2.46. The first kappa shape index (κ1) is 15.0. The first-order valence-electron chi connectivity index (χ1n) is 6.73. The van der Waals surface area contributed by atoms with E-state index in [0.29, 0.717) is 25.1 Å². The topological polar surface area (TPSA) is 56.1 Å². The third-order valence-corrected chi connectivity index (χ3v) is 2.89. The van der Waals surface area contributed by atoms with Gasteiger partial charge in [-0.05, 0) is 25.5 Å². The molecule has 19 heavy (non-hydrogen) atoms. The molecule has 0 radical (unpaired) electrons. The second kappa shape index (κ2) is 8.15. The van der Waals surface area contributed by atoms with Crippen molar-refractivity contribution in [3.63, 3.8) is 0 Å². The van der Waals surface area contributed by atoms with Crippen molar-refractivity contribution in [2.24, 2.45) is 0 Å². The van der Waals surface area contributed by atoms with Gasteiger partial charge in [0.05, 0.1) is 18.1 Å². The van der Waals surface area contributed by atoms with Gasteiger partial charge in [0.1, 0.15) is 0 Å². The van der Waals surface area contributed by atoms with Crippen LogP contribution in [0.5, 0.6) is 0 Å². The van der Waals surface area contributed by atoms with Crippen LogP contribution >= 0.6 is 0 Å². The fourth-order valence-electron chi connectivity index (χ4n) is 1.84. The van der Waals surface area contributed by atoms with E-state index in [0.717, 1.165) is 18.7 Å². The Kier molecular flexibility index (Phi) is 6.45. The summed E-state index contributed by atoms with van der Waals surface area (Å²) in [6, 6.07) is 9.61. The summed E-state index contributed by atoms with van der Waals surface area (Å²) < 4.78 is 0. The van der Waals surface area contributed by atoms with Gasteiger partial charge in [0.2, 0.25) is 0 Å². The standard InChI is InChI=1S/C15H21N3O/c1-3-11-17-14-9-6-5-8-13(14)15(19)18(4-2)12-7-10-16/h5-6,8-9,17H,3-4,7,11-12H2,1-2H3. The summed E-state index contributed by atoms with van der Waals surface area (Å²) >= 11 is 0. The molecule has 0 bridgehead atoms. The molecule has 1 N–H and O–H groups in total. The van der Waals surface area contributed by atoms with Gasteiger partial charge < -0.3 is 10.2 Å². The number of amides is 1. The molecule has 0 aliphatic carbocycles. The minimum absolute atomic E-state index is 0.0167. The van der Waals surface area contributed by atoms with Crippen molar-refractivity contribution in [1.82, 2.24) is 4.90 Å². The highest BCUT2D eigenvalue weighted by atomic mass is 16.2. The van der Waals surface area contributed by atoms with Crippen molar-refractivity contribution >= 4 is 11.6 Å². The van der Waals surface area contributed by atoms with Crippen LogP contribution in [0.3, 0.4) is 0 Å². The third-order valence-electron chi connectivity index (χ3n) is 2.89. The molecular formula is C15H21N3O. The smallest absolute Gasteiger partial charge is 0.255 e. The predicted molar refractivity (Wildman–Crippen MR) is 77.0 cm³/mol. The highest BCUT2D eigenvalue weighted by Crippen LogP contribution is 2.17. The summed E-state index contributed by atoms with van der Waals surface area (Å²) in [5, 5.41) is 11.9. The van der Waals surface area contributed by atoms with Crippen LogP contribution in [0.25, 0.3) is 0 Å². The largest absolute Gasteiger partial charge is 0.384 e. The highest BCUT2D eigenvalue weighted by molar-refractivity contribution is 5.99. The van der Waals surface area contributed by atoms with E-state index < -0.39 is 0 Å². The van der Waals surface area contributed by atoms with Crippen LogP contribution in [0.15, 0.2) is 24.3 Å². The first-order valence-corrected chi connectivity index (χ1v) is 6.73. The molecule has 1 amide bonds. The minimum atomic E-state index is -0.0167. The number of carbonyl (C=O) groups excluding carboxylic acids is 1. The molecule has 0 saturated heterocycles. The molecule has 1 aromatic rings. The maximum atomic E-state index is 12.4. The molecule has 4 heteroatoms. The number of rotatable bonds is 7. The van der Waals surface area contributed by atoms with Crippen LogP contribution in [0, 0.1) is 11.3 Å². The van der Waals surface area contributed by atoms with Gasteiger partial charge >= 0.3 is 0 Å². The number of hydrogen-bond donors (Lipinski definition) is 1. The maximum Gasteiger partial charge on any atom is 0.255 e. The summed E-state index contributed by atoms with van der Waals surface area (Å²) in [6.45, 7) is 5.95. The normalized spacial score (nSPS) is 9.74. The van der Waals surface area contributed by atoms with E-state index >= 15 is 0 Å². The lowest BCUT2D eigenvalue weighted by Gasteiger charge is -2.21. The van der Waals surface area contributed by atoms with Gasteiger partial charge in [-0.2, -0.15) is 5.26 Å². The molecule has 0 heterocycles.